The monoisotopic (exact) mass is 404 g/mol. The summed E-state index contributed by atoms with van der Waals surface area (Å²) in [5, 5.41) is 5.68. The second kappa shape index (κ2) is 10.1. The Labute approximate surface area is 175 Å². The van der Waals surface area contributed by atoms with Gasteiger partial charge in [0, 0.05) is 16.9 Å². The van der Waals surface area contributed by atoms with Crippen molar-refractivity contribution in [2.75, 3.05) is 24.4 Å². The van der Waals surface area contributed by atoms with Crippen LogP contribution in [0.5, 0.6) is 11.5 Å². The van der Waals surface area contributed by atoms with E-state index in [9.17, 15) is 9.59 Å². The quantitative estimate of drug-likeness (QED) is 0.578. The lowest BCUT2D eigenvalue weighted by atomic mass is 10.1. The molecule has 0 saturated carbocycles. The van der Waals surface area contributed by atoms with Crippen LogP contribution in [0.1, 0.15) is 22.8 Å². The van der Waals surface area contributed by atoms with Crippen LogP contribution in [0.25, 0.3) is 0 Å². The van der Waals surface area contributed by atoms with Crippen molar-refractivity contribution < 1.29 is 19.1 Å². The molecule has 30 heavy (non-hydrogen) atoms. The molecular weight excluding hydrogens is 380 g/mol. The van der Waals surface area contributed by atoms with Crippen molar-refractivity contribution in [3.63, 3.8) is 0 Å². The predicted molar refractivity (Wildman–Crippen MR) is 117 cm³/mol. The number of carbonyl (C=O) groups is 2. The van der Waals surface area contributed by atoms with Crippen LogP contribution in [0.3, 0.4) is 0 Å². The minimum absolute atomic E-state index is 0.137. The predicted octanol–water partition coefficient (Wildman–Crippen LogP) is 4.53. The molecule has 0 atom stereocenters. The van der Waals surface area contributed by atoms with E-state index in [0.717, 1.165) is 17.7 Å². The van der Waals surface area contributed by atoms with Gasteiger partial charge in [0.2, 0.25) is 0 Å². The van der Waals surface area contributed by atoms with Crippen LogP contribution in [0.15, 0.2) is 72.8 Å². The largest absolute Gasteiger partial charge is 0.497 e. The molecule has 0 aliphatic heterocycles. The molecule has 0 aliphatic rings. The van der Waals surface area contributed by atoms with Crippen molar-refractivity contribution in [3.8, 4) is 11.5 Å². The van der Waals surface area contributed by atoms with E-state index < -0.39 is 0 Å². The molecule has 6 heteroatoms. The number of hydrogen-bond acceptors (Lipinski definition) is 4. The van der Waals surface area contributed by atoms with E-state index in [1.807, 2.05) is 31.2 Å². The van der Waals surface area contributed by atoms with E-state index >= 15 is 0 Å². The molecule has 3 aromatic carbocycles. The molecule has 3 aromatic rings. The molecule has 6 nitrogen and oxygen atoms in total. The molecule has 0 aromatic heterocycles. The second-order valence-electron chi connectivity index (χ2n) is 6.55. The summed E-state index contributed by atoms with van der Waals surface area (Å²) in [6, 6.07) is 21.4. The lowest BCUT2D eigenvalue weighted by Gasteiger charge is -2.11. The minimum atomic E-state index is -0.279. The van der Waals surface area contributed by atoms with Gasteiger partial charge in [0.15, 0.2) is 6.61 Å². The molecule has 0 bridgehead atoms. The number of amides is 2. The van der Waals surface area contributed by atoms with E-state index in [0.29, 0.717) is 22.7 Å². The summed E-state index contributed by atoms with van der Waals surface area (Å²) in [6.07, 6.45) is 0.835. The smallest absolute Gasteiger partial charge is 0.262 e. The number of nitrogens with one attached hydrogen (secondary N) is 2. The van der Waals surface area contributed by atoms with Crippen LogP contribution in [0, 0.1) is 0 Å². The van der Waals surface area contributed by atoms with Crippen molar-refractivity contribution >= 4 is 23.2 Å². The first kappa shape index (κ1) is 20.9. The van der Waals surface area contributed by atoms with Crippen molar-refractivity contribution in [1.82, 2.24) is 0 Å². The van der Waals surface area contributed by atoms with Gasteiger partial charge in [-0.1, -0.05) is 25.1 Å². The van der Waals surface area contributed by atoms with Gasteiger partial charge in [-0.25, -0.2) is 0 Å². The number of ether oxygens (including phenoxy) is 2. The Morgan fingerprint density at radius 2 is 1.50 bits per heavy atom. The van der Waals surface area contributed by atoms with E-state index in [2.05, 4.69) is 10.6 Å². The van der Waals surface area contributed by atoms with Crippen molar-refractivity contribution in [2.24, 2.45) is 0 Å². The first-order valence-corrected chi connectivity index (χ1v) is 9.65. The highest BCUT2D eigenvalue weighted by atomic mass is 16.5. The average molecular weight is 404 g/mol. The Hall–Kier alpha value is -3.80. The number of anilines is 2. The van der Waals surface area contributed by atoms with E-state index in [1.54, 1.807) is 55.6 Å². The number of methoxy groups -OCH3 is 1. The number of rotatable bonds is 8. The molecular formula is C24H24N2O4. The maximum atomic E-state index is 12.5. The van der Waals surface area contributed by atoms with Gasteiger partial charge in [-0.05, 0) is 66.6 Å². The van der Waals surface area contributed by atoms with Crippen molar-refractivity contribution in [3.05, 3.63) is 83.9 Å². The molecule has 154 valence electrons. The fourth-order valence-corrected chi connectivity index (χ4v) is 2.87. The highest BCUT2D eigenvalue weighted by molar-refractivity contribution is 6.04. The number of benzene rings is 3. The Bertz CT molecular complexity index is 998. The summed E-state index contributed by atoms with van der Waals surface area (Å²) in [6.45, 7) is 1.91. The Kier molecular flexibility index (Phi) is 7.05. The van der Waals surface area contributed by atoms with Crippen LogP contribution >= 0.6 is 0 Å². The van der Waals surface area contributed by atoms with Crippen LogP contribution in [0.4, 0.5) is 11.4 Å². The highest BCUT2D eigenvalue weighted by Crippen LogP contribution is 2.18. The molecule has 0 fully saturated rings. The third kappa shape index (κ3) is 5.61. The third-order valence-electron chi connectivity index (χ3n) is 4.51. The van der Waals surface area contributed by atoms with Crippen molar-refractivity contribution in [1.29, 1.82) is 0 Å². The summed E-state index contributed by atoms with van der Waals surface area (Å²) in [7, 11) is 1.58. The number of carbonyl (C=O) groups excluding carboxylic acids is 2. The zero-order valence-electron chi connectivity index (χ0n) is 17.0. The fourth-order valence-electron chi connectivity index (χ4n) is 2.87. The summed E-state index contributed by atoms with van der Waals surface area (Å²) in [5.41, 5.74) is 3.05. The third-order valence-corrected chi connectivity index (χ3v) is 4.51. The van der Waals surface area contributed by atoms with Gasteiger partial charge in [-0.2, -0.15) is 0 Å². The molecule has 0 heterocycles. The Morgan fingerprint density at radius 1 is 0.833 bits per heavy atom. The lowest BCUT2D eigenvalue weighted by molar-refractivity contribution is -0.118. The number of para-hydroxylation sites is 1. The minimum Gasteiger partial charge on any atom is -0.497 e. The van der Waals surface area contributed by atoms with Gasteiger partial charge in [-0.3, -0.25) is 9.59 Å². The molecule has 3 rings (SSSR count). The average Bonchev–Trinajstić information content (AvgIpc) is 2.79. The molecule has 0 aliphatic carbocycles. The lowest BCUT2D eigenvalue weighted by Crippen LogP contribution is -2.20. The molecule has 0 radical (unpaired) electrons. The Morgan fingerprint density at radius 3 is 2.17 bits per heavy atom. The maximum absolute atomic E-state index is 12.5. The van der Waals surface area contributed by atoms with E-state index in [1.165, 1.54) is 0 Å². The van der Waals surface area contributed by atoms with Gasteiger partial charge in [-0.15, -0.1) is 0 Å². The van der Waals surface area contributed by atoms with E-state index in [-0.39, 0.29) is 18.4 Å². The fraction of sp³-hybridized carbons (Fsp3) is 0.167. The first-order valence-electron chi connectivity index (χ1n) is 9.65. The first-order chi connectivity index (χ1) is 14.6. The zero-order chi connectivity index (χ0) is 21.3. The number of aryl methyl sites for hydroxylation is 1. The normalized spacial score (nSPS) is 10.2. The van der Waals surface area contributed by atoms with Crippen LogP contribution in [-0.4, -0.2) is 25.5 Å². The summed E-state index contributed by atoms with van der Waals surface area (Å²) in [5.74, 6) is 0.745. The zero-order valence-corrected chi connectivity index (χ0v) is 17.0. The van der Waals surface area contributed by atoms with Crippen molar-refractivity contribution in [2.45, 2.75) is 13.3 Å². The van der Waals surface area contributed by atoms with E-state index in [4.69, 9.17) is 9.47 Å². The molecule has 2 N–H and O–H groups in total. The molecule has 0 saturated heterocycles. The maximum Gasteiger partial charge on any atom is 0.262 e. The molecule has 0 spiro atoms. The van der Waals surface area contributed by atoms with Gasteiger partial charge >= 0.3 is 0 Å². The standard InChI is InChI=1S/C24H24N2O4/c1-3-17-6-4-5-7-22(17)26-24(28)18-8-12-21(13-9-18)30-16-23(27)25-19-10-14-20(29-2)15-11-19/h4-15H,3,16H2,1-2H3,(H,25,27)(H,26,28). The topological polar surface area (TPSA) is 76.7 Å². The van der Waals surface area contributed by atoms with Crippen LogP contribution < -0.4 is 20.1 Å². The number of hydrogen-bond donors (Lipinski definition) is 2. The van der Waals surface area contributed by atoms with Gasteiger partial charge in [0.25, 0.3) is 11.8 Å². The van der Waals surface area contributed by atoms with Gasteiger partial charge in [0.1, 0.15) is 11.5 Å². The highest BCUT2D eigenvalue weighted by Gasteiger charge is 2.09. The van der Waals surface area contributed by atoms with Crippen LogP contribution in [-0.2, 0) is 11.2 Å². The summed E-state index contributed by atoms with van der Waals surface area (Å²) >= 11 is 0. The van der Waals surface area contributed by atoms with Crippen LogP contribution in [0.2, 0.25) is 0 Å². The summed E-state index contributed by atoms with van der Waals surface area (Å²) < 4.78 is 10.6. The second-order valence-corrected chi connectivity index (χ2v) is 6.55. The SMILES string of the molecule is CCc1ccccc1NC(=O)c1ccc(OCC(=O)Nc2ccc(OC)cc2)cc1. The van der Waals surface area contributed by atoms with Gasteiger partial charge in [0.05, 0.1) is 7.11 Å². The molecule has 0 unspecified atom stereocenters. The summed E-state index contributed by atoms with van der Waals surface area (Å²) in [4.78, 5) is 24.5. The molecule has 2 amide bonds. The Balaban J connectivity index is 1.52. The van der Waals surface area contributed by atoms with Gasteiger partial charge < -0.3 is 20.1 Å².